The maximum absolute atomic E-state index is 11.2. The third-order valence-electron chi connectivity index (χ3n) is 2.65. The molecule has 86 valence electrons. The lowest BCUT2D eigenvalue weighted by atomic mass is 10.0. The summed E-state index contributed by atoms with van der Waals surface area (Å²) in [6, 6.07) is 8.84. The van der Waals surface area contributed by atoms with Crippen molar-refractivity contribution in [2.75, 3.05) is 7.05 Å². The van der Waals surface area contributed by atoms with Gasteiger partial charge < -0.3 is 10.0 Å². The van der Waals surface area contributed by atoms with Gasteiger partial charge in [0.15, 0.2) is 0 Å². The SMILES string of the molecule is C=C[C@H]([C@H](O)c1ccccc1)N(C)C(C)=O. The molecular weight excluding hydrogens is 202 g/mol. The predicted octanol–water partition coefficient (Wildman–Crippen LogP) is 1.75. The van der Waals surface area contributed by atoms with Crippen LogP contribution in [0.3, 0.4) is 0 Å². The summed E-state index contributed by atoms with van der Waals surface area (Å²) in [5, 5.41) is 10.1. The molecule has 2 atom stereocenters. The number of hydrogen-bond acceptors (Lipinski definition) is 2. The van der Waals surface area contributed by atoms with Crippen LogP contribution in [-0.4, -0.2) is 29.0 Å². The Kier molecular flexibility index (Phi) is 4.26. The zero-order chi connectivity index (χ0) is 12.1. The fraction of sp³-hybridized carbons (Fsp3) is 0.308. The number of aliphatic hydroxyl groups excluding tert-OH is 1. The van der Waals surface area contributed by atoms with Gasteiger partial charge >= 0.3 is 0 Å². The zero-order valence-electron chi connectivity index (χ0n) is 9.63. The second kappa shape index (κ2) is 5.47. The molecule has 1 aromatic carbocycles. The Hall–Kier alpha value is -1.61. The lowest BCUT2D eigenvalue weighted by Crippen LogP contribution is -2.38. The molecule has 0 saturated heterocycles. The number of likely N-dealkylation sites (N-methyl/N-ethyl adjacent to an activating group) is 1. The number of carbonyl (C=O) groups is 1. The molecular formula is C13H17NO2. The van der Waals surface area contributed by atoms with Crippen LogP contribution in [0.15, 0.2) is 43.0 Å². The Morgan fingerprint density at radius 2 is 2.00 bits per heavy atom. The van der Waals surface area contributed by atoms with Crippen molar-refractivity contribution in [3.63, 3.8) is 0 Å². The summed E-state index contributed by atoms with van der Waals surface area (Å²) < 4.78 is 0. The van der Waals surface area contributed by atoms with Crippen LogP contribution in [0.25, 0.3) is 0 Å². The smallest absolute Gasteiger partial charge is 0.219 e. The maximum Gasteiger partial charge on any atom is 0.219 e. The maximum atomic E-state index is 11.2. The minimum absolute atomic E-state index is 0.0973. The number of benzene rings is 1. The van der Waals surface area contributed by atoms with Crippen LogP contribution in [0.1, 0.15) is 18.6 Å². The van der Waals surface area contributed by atoms with Crippen molar-refractivity contribution in [1.82, 2.24) is 4.90 Å². The van der Waals surface area contributed by atoms with E-state index in [1.807, 2.05) is 30.3 Å². The Morgan fingerprint density at radius 3 is 2.44 bits per heavy atom. The molecule has 0 saturated carbocycles. The summed E-state index contributed by atoms with van der Waals surface area (Å²) in [4.78, 5) is 12.7. The quantitative estimate of drug-likeness (QED) is 0.784. The molecule has 1 amide bonds. The van der Waals surface area contributed by atoms with E-state index in [0.29, 0.717) is 0 Å². The Bertz CT molecular complexity index is 361. The Morgan fingerprint density at radius 1 is 1.44 bits per heavy atom. The lowest BCUT2D eigenvalue weighted by Gasteiger charge is -2.28. The van der Waals surface area contributed by atoms with Gasteiger partial charge in [-0.15, -0.1) is 6.58 Å². The fourth-order valence-electron chi connectivity index (χ4n) is 1.56. The number of amides is 1. The normalized spacial score (nSPS) is 13.9. The van der Waals surface area contributed by atoms with Gasteiger partial charge in [0.05, 0.1) is 6.04 Å². The molecule has 16 heavy (non-hydrogen) atoms. The van der Waals surface area contributed by atoms with E-state index in [-0.39, 0.29) is 5.91 Å². The van der Waals surface area contributed by atoms with E-state index in [9.17, 15) is 9.90 Å². The van der Waals surface area contributed by atoms with Gasteiger partial charge in [0.25, 0.3) is 0 Å². The average Bonchev–Trinajstić information content (AvgIpc) is 2.30. The minimum Gasteiger partial charge on any atom is -0.386 e. The molecule has 1 rings (SSSR count). The first-order chi connectivity index (χ1) is 7.57. The molecule has 1 aromatic rings. The van der Waals surface area contributed by atoms with Gasteiger partial charge in [0, 0.05) is 14.0 Å². The molecule has 3 heteroatoms. The van der Waals surface area contributed by atoms with Crippen LogP contribution in [0, 0.1) is 0 Å². The van der Waals surface area contributed by atoms with E-state index in [2.05, 4.69) is 6.58 Å². The molecule has 0 heterocycles. The summed E-state index contributed by atoms with van der Waals surface area (Å²) >= 11 is 0. The van der Waals surface area contributed by atoms with Gasteiger partial charge in [0.1, 0.15) is 6.10 Å². The predicted molar refractivity (Wildman–Crippen MR) is 63.8 cm³/mol. The van der Waals surface area contributed by atoms with Crippen LogP contribution in [0.4, 0.5) is 0 Å². The van der Waals surface area contributed by atoms with Crippen molar-refractivity contribution in [2.45, 2.75) is 19.1 Å². The summed E-state index contributed by atoms with van der Waals surface area (Å²) in [6.45, 7) is 5.12. The van der Waals surface area contributed by atoms with Crippen molar-refractivity contribution >= 4 is 5.91 Å². The van der Waals surface area contributed by atoms with Gasteiger partial charge in [-0.25, -0.2) is 0 Å². The molecule has 0 aliphatic carbocycles. The van der Waals surface area contributed by atoms with Crippen molar-refractivity contribution in [2.24, 2.45) is 0 Å². The van der Waals surface area contributed by atoms with E-state index in [1.54, 1.807) is 13.1 Å². The summed E-state index contributed by atoms with van der Waals surface area (Å²) in [7, 11) is 1.65. The van der Waals surface area contributed by atoms with Crippen LogP contribution in [0.2, 0.25) is 0 Å². The molecule has 0 fully saturated rings. The highest BCUT2D eigenvalue weighted by atomic mass is 16.3. The second-order valence-electron chi connectivity index (χ2n) is 3.71. The molecule has 0 bridgehead atoms. The Labute approximate surface area is 96.0 Å². The number of carbonyl (C=O) groups excluding carboxylic acids is 1. The van der Waals surface area contributed by atoms with Crippen LogP contribution >= 0.6 is 0 Å². The first kappa shape index (κ1) is 12.5. The third kappa shape index (κ3) is 2.70. The van der Waals surface area contributed by atoms with Crippen LogP contribution < -0.4 is 0 Å². The van der Waals surface area contributed by atoms with E-state index < -0.39 is 12.1 Å². The topological polar surface area (TPSA) is 40.5 Å². The summed E-state index contributed by atoms with van der Waals surface area (Å²) in [6.07, 6.45) is 0.839. The lowest BCUT2D eigenvalue weighted by molar-refractivity contribution is -0.130. The summed E-state index contributed by atoms with van der Waals surface area (Å²) in [5.74, 6) is -0.0973. The molecule has 0 aromatic heterocycles. The Balaban J connectivity index is 2.90. The van der Waals surface area contributed by atoms with E-state index in [0.717, 1.165) is 5.56 Å². The monoisotopic (exact) mass is 219 g/mol. The van der Waals surface area contributed by atoms with E-state index in [4.69, 9.17) is 0 Å². The van der Waals surface area contributed by atoms with Gasteiger partial charge in [-0.1, -0.05) is 36.4 Å². The molecule has 0 aliphatic rings. The molecule has 0 unspecified atom stereocenters. The van der Waals surface area contributed by atoms with Gasteiger partial charge in [-0.05, 0) is 5.56 Å². The van der Waals surface area contributed by atoms with Crippen molar-refractivity contribution in [3.05, 3.63) is 48.6 Å². The highest BCUT2D eigenvalue weighted by molar-refractivity contribution is 5.73. The van der Waals surface area contributed by atoms with Gasteiger partial charge in [0.2, 0.25) is 5.91 Å². The third-order valence-corrected chi connectivity index (χ3v) is 2.65. The van der Waals surface area contributed by atoms with E-state index >= 15 is 0 Å². The molecule has 0 radical (unpaired) electrons. The van der Waals surface area contributed by atoms with Gasteiger partial charge in [-0.3, -0.25) is 4.79 Å². The zero-order valence-corrected chi connectivity index (χ0v) is 9.63. The van der Waals surface area contributed by atoms with Crippen molar-refractivity contribution in [3.8, 4) is 0 Å². The van der Waals surface area contributed by atoms with Crippen LogP contribution in [-0.2, 0) is 4.79 Å². The van der Waals surface area contributed by atoms with Crippen molar-refractivity contribution < 1.29 is 9.90 Å². The first-order valence-electron chi connectivity index (χ1n) is 5.17. The highest BCUT2D eigenvalue weighted by Crippen LogP contribution is 2.20. The number of hydrogen-bond donors (Lipinski definition) is 1. The standard InChI is InChI=1S/C13H17NO2/c1-4-12(14(3)10(2)15)13(16)11-8-6-5-7-9-11/h4-9,12-13,16H,1H2,2-3H3/t12-,13-/m1/s1. The number of aliphatic hydroxyl groups is 1. The molecule has 0 aliphatic heterocycles. The first-order valence-corrected chi connectivity index (χ1v) is 5.17. The van der Waals surface area contributed by atoms with E-state index in [1.165, 1.54) is 11.8 Å². The summed E-state index contributed by atoms with van der Waals surface area (Å²) in [5.41, 5.74) is 0.778. The number of nitrogens with zero attached hydrogens (tertiary/aromatic N) is 1. The number of rotatable bonds is 4. The second-order valence-corrected chi connectivity index (χ2v) is 3.71. The largest absolute Gasteiger partial charge is 0.386 e. The fourth-order valence-corrected chi connectivity index (χ4v) is 1.56. The molecule has 3 nitrogen and oxygen atoms in total. The van der Waals surface area contributed by atoms with Crippen LogP contribution in [0.5, 0.6) is 0 Å². The minimum atomic E-state index is -0.743. The van der Waals surface area contributed by atoms with Crippen molar-refractivity contribution in [1.29, 1.82) is 0 Å². The van der Waals surface area contributed by atoms with Gasteiger partial charge in [-0.2, -0.15) is 0 Å². The highest BCUT2D eigenvalue weighted by Gasteiger charge is 2.23. The molecule has 1 N–H and O–H groups in total. The average molecular weight is 219 g/mol. The molecule has 0 spiro atoms.